The van der Waals surface area contributed by atoms with Crippen LogP contribution in [0.4, 0.5) is 0 Å². The number of nitrogens with zero attached hydrogens (tertiary/aromatic N) is 1. The second kappa shape index (κ2) is 3.56. The monoisotopic (exact) mass is 247 g/mol. The fourth-order valence-electron chi connectivity index (χ4n) is 0.785. The maximum Gasteiger partial charge on any atom is 0.328 e. The zero-order valence-electron chi connectivity index (χ0n) is 6.41. The van der Waals surface area contributed by atoms with Crippen molar-refractivity contribution in [2.45, 2.75) is 6.54 Å². The van der Waals surface area contributed by atoms with Crippen LogP contribution in [0.3, 0.4) is 0 Å². The first kappa shape index (κ1) is 9.72. The van der Waals surface area contributed by atoms with Crippen molar-refractivity contribution in [3.63, 3.8) is 0 Å². The molecule has 0 aliphatic heterocycles. The molecule has 0 aromatic carbocycles. The van der Waals surface area contributed by atoms with Gasteiger partial charge in [-0.1, -0.05) is 0 Å². The first-order valence-corrected chi connectivity index (χ1v) is 4.08. The molecule has 0 radical (unpaired) electrons. The predicted molar refractivity (Wildman–Crippen MR) is 48.2 cm³/mol. The molecule has 0 spiro atoms. The van der Waals surface area contributed by atoms with Gasteiger partial charge in [0, 0.05) is 6.20 Å². The number of hydrogen-bond donors (Lipinski definition) is 2. The largest absolute Gasteiger partial charge is 0.368 e. The van der Waals surface area contributed by atoms with Crippen LogP contribution in [0.1, 0.15) is 0 Å². The molecule has 1 aromatic rings. The van der Waals surface area contributed by atoms with Crippen molar-refractivity contribution >= 4 is 21.8 Å². The lowest BCUT2D eigenvalue weighted by Gasteiger charge is -2.00. The van der Waals surface area contributed by atoms with Gasteiger partial charge in [0.25, 0.3) is 5.56 Å². The highest BCUT2D eigenvalue weighted by Gasteiger charge is 2.06. The fraction of sp³-hybridized carbons (Fsp3) is 0.167. The first-order chi connectivity index (χ1) is 6.02. The standard InChI is InChI=1S/C6H6BrN3O3/c7-3-1-9-6(13)10(5(3)12)2-4(8)11/h1H,2H2,(H2,8,11)(H,9,13). The SMILES string of the molecule is NC(=O)Cn1c(=O)[nH]cc(Br)c1=O. The van der Waals surface area contributed by atoms with Gasteiger partial charge in [0.1, 0.15) is 6.54 Å². The second-order valence-corrected chi connectivity index (χ2v) is 3.15. The minimum absolute atomic E-state index is 0.174. The number of carbonyl (C=O) groups is 1. The number of carbonyl (C=O) groups excluding carboxylic acids is 1. The Morgan fingerprint density at radius 1 is 1.62 bits per heavy atom. The number of aromatic amines is 1. The minimum Gasteiger partial charge on any atom is -0.368 e. The van der Waals surface area contributed by atoms with Crippen molar-refractivity contribution in [2.24, 2.45) is 5.73 Å². The molecule has 0 atom stereocenters. The maximum atomic E-state index is 11.2. The molecule has 1 heterocycles. The molecular formula is C6H6BrN3O3. The number of hydrogen-bond acceptors (Lipinski definition) is 3. The van der Waals surface area contributed by atoms with Crippen molar-refractivity contribution in [2.75, 3.05) is 0 Å². The Bertz CT molecular complexity index is 447. The Labute approximate surface area is 80.5 Å². The third-order valence-electron chi connectivity index (χ3n) is 1.33. The molecule has 0 unspecified atom stereocenters. The minimum atomic E-state index is -0.745. The van der Waals surface area contributed by atoms with E-state index in [1.165, 1.54) is 6.20 Å². The van der Waals surface area contributed by atoms with Gasteiger partial charge in [-0.3, -0.25) is 9.59 Å². The van der Waals surface area contributed by atoms with Crippen molar-refractivity contribution in [3.8, 4) is 0 Å². The third-order valence-corrected chi connectivity index (χ3v) is 1.90. The molecule has 13 heavy (non-hydrogen) atoms. The molecule has 0 aliphatic rings. The summed E-state index contributed by atoms with van der Waals surface area (Å²) >= 11 is 2.91. The molecule has 0 saturated carbocycles. The lowest BCUT2D eigenvalue weighted by Crippen LogP contribution is -2.38. The van der Waals surface area contributed by atoms with E-state index in [0.717, 1.165) is 0 Å². The van der Waals surface area contributed by atoms with Crippen molar-refractivity contribution < 1.29 is 4.79 Å². The Morgan fingerprint density at radius 3 is 2.77 bits per heavy atom. The summed E-state index contributed by atoms with van der Waals surface area (Å²) in [7, 11) is 0. The smallest absolute Gasteiger partial charge is 0.328 e. The Kier molecular flexibility index (Phi) is 2.66. The van der Waals surface area contributed by atoms with E-state index in [2.05, 4.69) is 20.9 Å². The van der Waals surface area contributed by atoms with Crippen LogP contribution >= 0.6 is 15.9 Å². The Balaban J connectivity index is 3.35. The molecule has 0 aliphatic carbocycles. The van der Waals surface area contributed by atoms with E-state index in [0.29, 0.717) is 4.57 Å². The van der Waals surface area contributed by atoms with Gasteiger partial charge < -0.3 is 10.7 Å². The third kappa shape index (κ3) is 2.05. The molecule has 6 nitrogen and oxygen atoms in total. The molecule has 0 fully saturated rings. The van der Waals surface area contributed by atoms with Crippen LogP contribution in [-0.2, 0) is 11.3 Å². The second-order valence-electron chi connectivity index (χ2n) is 2.30. The highest BCUT2D eigenvalue weighted by Crippen LogP contribution is 1.95. The van der Waals surface area contributed by atoms with Gasteiger partial charge in [-0.2, -0.15) is 0 Å². The van der Waals surface area contributed by atoms with Crippen LogP contribution in [0.25, 0.3) is 0 Å². The molecular weight excluding hydrogens is 242 g/mol. The number of nitrogens with one attached hydrogen (secondary N) is 1. The van der Waals surface area contributed by atoms with E-state index >= 15 is 0 Å². The predicted octanol–water partition coefficient (Wildman–Crippen LogP) is -1.22. The van der Waals surface area contributed by atoms with Crippen LogP contribution < -0.4 is 17.0 Å². The number of primary amides is 1. The quantitative estimate of drug-likeness (QED) is 0.686. The summed E-state index contributed by atoms with van der Waals surface area (Å²) in [6.07, 6.45) is 1.21. The van der Waals surface area contributed by atoms with Crippen molar-refractivity contribution in [3.05, 3.63) is 31.5 Å². The van der Waals surface area contributed by atoms with Gasteiger partial charge in [0.05, 0.1) is 4.47 Å². The average Bonchev–Trinajstić information content (AvgIpc) is 2.05. The molecule has 0 saturated heterocycles. The molecule has 70 valence electrons. The number of nitrogens with two attached hydrogens (primary N) is 1. The Hall–Kier alpha value is -1.37. The van der Waals surface area contributed by atoms with Gasteiger partial charge >= 0.3 is 5.69 Å². The van der Waals surface area contributed by atoms with Gasteiger partial charge in [0.15, 0.2) is 0 Å². The summed E-state index contributed by atoms with van der Waals surface area (Å²) in [6, 6.07) is 0. The summed E-state index contributed by atoms with van der Waals surface area (Å²) in [5, 5.41) is 0. The lowest BCUT2D eigenvalue weighted by molar-refractivity contribution is -0.118. The summed E-state index contributed by atoms with van der Waals surface area (Å²) < 4.78 is 0.889. The molecule has 1 aromatic heterocycles. The summed E-state index contributed by atoms with van der Waals surface area (Å²) in [4.78, 5) is 35.0. The van der Waals surface area contributed by atoms with Crippen molar-refractivity contribution in [1.82, 2.24) is 9.55 Å². The average molecular weight is 248 g/mol. The maximum absolute atomic E-state index is 11.2. The van der Waals surface area contributed by atoms with Gasteiger partial charge in [-0.05, 0) is 15.9 Å². The van der Waals surface area contributed by atoms with Crippen LogP contribution in [0.2, 0.25) is 0 Å². The first-order valence-electron chi connectivity index (χ1n) is 3.28. The zero-order valence-corrected chi connectivity index (χ0v) is 8.00. The molecule has 7 heteroatoms. The van der Waals surface area contributed by atoms with E-state index in [1.54, 1.807) is 0 Å². The van der Waals surface area contributed by atoms with Crippen LogP contribution in [0, 0.1) is 0 Å². The summed E-state index contributed by atoms with van der Waals surface area (Å²) in [5.74, 6) is -0.745. The van der Waals surface area contributed by atoms with E-state index in [4.69, 9.17) is 5.73 Å². The summed E-state index contributed by atoms with van der Waals surface area (Å²) in [5.41, 5.74) is 3.60. The zero-order chi connectivity index (χ0) is 10.0. The van der Waals surface area contributed by atoms with E-state index in [-0.39, 0.29) is 4.47 Å². The topological polar surface area (TPSA) is 97.9 Å². The van der Waals surface area contributed by atoms with E-state index in [1.807, 2.05) is 0 Å². The summed E-state index contributed by atoms with van der Waals surface area (Å²) in [6.45, 7) is -0.423. The van der Waals surface area contributed by atoms with Crippen LogP contribution in [0.5, 0.6) is 0 Å². The fourth-order valence-corrected chi connectivity index (χ4v) is 1.11. The van der Waals surface area contributed by atoms with Crippen molar-refractivity contribution in [1.29, 1.82) is 0 Å². The number of amides is 1. The van der Waals surface area contributed by atoms with Gasteiger partial charge in [-0.25, -0.2) is 9.36 Å². The van der Waals surface area contributed by atoms with Gasteiger partial charge in [-0.15, -0.1) is 0 Å². The lowest BCUT2D eigenvalue weighted by atomic mass is 10.5. The molecule has 0 bridgehead atoms. The van der Waals surface area contributed by atoms with Crippen LogP contribution in [-0.4, -0.2) is 15.5 Å². The highest BCUT2D eigenvalue weighted by molar-refractivity contribution is 9.10. The van der Waals surface area contributed by atoms with Gasteiger partial charge in [0.2, 0.25) is 5.91 Å². The van der Waals surface area contributed by atoms with E-state index in [9.17, 15) is 14.4 Å². The number of halogens is 1. The number of H-pyrrole nitrogens is 1. The molecule has 1 rings (SSSR count). The Morgan fingerprint density at radius 2 is 2.23 bits per heavy atom. The number of aromatic nitrogens is 2. The van der Waals surface area contributed by atoms with Crippen LogP contribution in [0.15, 0.2) is 20.3 Å². The molecule has 1 amide bonds. The molecule has 3 N–H and O–H groups in total. The number of rotatable bonds is 2. The van der Waals surface area contributed by atoms with E-state index < -0.39 is 23.7 Å². The normalized spacial score (nSPS) is 9.92. The highest BCUT2D eigenvalue weighted by atomic mass is 79.9.